The van der Waals surface area contributed by atoms with Crippen LogP contribution in [0, 0.1) is 24.6 Å². The van der Waals surface area contributed by atoms with Gasteiger partial charge in [-0.15, -0.1) is 21.5 Å². The van der Waals surface area contributed by atoms with E-state index in [0.717, 1.165) is 41.9 Å². The summed E-state index contributed by atoms with van der Waals surface area (Å²) in [4.78, 5) is 26.3. The van der Waals surface area contributed by atoms with E-state index in [-0.39, 0.29) is 30.6 Å². The first-order valence-corrected chi connectivity index (χ1v) is 18.7. The number of thiazole rings is 1. The summed E-state index contributed by atoms with van der Waals surface area (Å²) in [7, 11) is 1.91. The smallest absolute Gasteiger partial charge is 0.355 e. The lowest BCUT2D eigenvalue weighted by Crippen LogP contribution is -2.27. The molecule has 2 aromatic carbocycles. The average molecular weight is 742 g/mol. The number of anilines is 3. The van der Waals surface area contributed by atoms with Gasteiger partial charge >= 0.3 is 5.97 Å². The Morgan fingerprint density at radius 2 is 2.06 bits per heavy atom. The number of rotatable bonds is 15. The highest BCUT2D eigenvalue weighted by molar-refractivity contribution is 7.16. The summed E-state index contributed by atoms with van der Waals surface area (Å²) < 4.78 is 25.8. The van der Waals surface area contributed by atoms with E-state index >= 15 is 0 Å². The van der Waals surface area contributed by atoms with Crippen molar-refractivity contribution >= 4 is 45.6 Å². The number of halogens is 1. The summed E-state index contributed by atoms with van der Waals surface area (Å²) in [5, 5.41) is 32.0. The lowest BCUT2D eigenvalue weighted by atomic mass is 9.98. The Morgan fingerprint density at radius 3 is 2.85 bits per heavy atom. The van der Waals surface area contributed by atoms with Crippen molar-refractivity contribution in [1.82, 2.24) is 20.1 Å². The van der Waals surface area contributed by atoms with Crippen molar-refractivity contribution in [3.8, 4) is 17.6 Å². The fourth-order valence-corrected chi connectivity index (χ4v) is 7.55. The molecule has 278 valence electrons. The minimum Gasteiger partial charge on any atom is -0.491 e. The highest BCUT2D eigenvalue weighted by atomic mass is 32.1. The van der Waals surface area contributed by atoms with Gasteiger partial charge in [0.05, 0.1) is 33.0 Å². The fraction of sp³-hybridized carbons (Fsp3) is 0.410. The molecule has 0 amide bonds. The SMILES string of the molecule is CCC1C(=Nc2nnc3c(c2C)CCCN3c2nc(C(=O)O)c(CCCOc3ccc(C#CCN(C)CCOCCO)cc3F)s2)Nc2ccccc21. The number of hydrogen-bond donors (Lipinski definition) is 3. The minimum atomic E-state index is -1.10. The van der Waals surface area contributed by atoms with Crippen LogP contribution in [-0.4, -0.2) is 95.2 Å². The van der Waals surface area contributed by atoms with Gasteiger partial charge < -0.3 is 29.9 Å². The molecule has 1 unspecified atom stereocenters. The Kier molecular flexibility index (Phi) is 12.6. The molecule has 2 aliphatic rings. The zero-order valence-electron chi connectivity index (χ0n) is 30.2. The first kappa shape index (κ1) is 37.8. The van der Waals surface area contributed by atoms with E-state index in [0.29, 0.717) is 72.9 Å². The van der Waals surface area contributed by atoms with Crippen molar-refractivity contribution in [3.05, 3.63) is 81.1 Å². The number of hydrogen-bond acceptors (Lipinski definition) is 11. The topological polar surface area (TPSA) is 146 Å². The molecular formula is C39H44FN7O5S. The van der Waals surface area contributed by atoms with Crippen LogP contribution < -0.4 is 15.0 Å². The Bertz CT molecular complexity index is 2030. The third-order valence-corrected chi connectivity index (χ3v) is 10.4. The summed E-state index contributed by atoms with van der Waals surface area (Å²) in [5.41, 5.74) is 4.81. The van der Waals surface area contributed by atoms with Crippen molar-refractivity contribution in [2.75, 3.05) is 63.3 Å². The van der Waals surface area contributed by atoms with Crippen LogP contribution >= 0.6 is 11.3 Å². The van der Waals surface area contributed by atoms with Gasteiger partial charge in [0.15, 0.2) is 34.0 Å². The third-order valence-electron chi connectivity index (χ3n) is 9.22. The van der Waals surface area contributed by atoms with Crippen LogP contribution in [-0.2, 0) is 17.6 Å². The van der Waals surface area contributed by atoms with Crippen LogP contribution in [0.15, 0.2) is 47.5 Å². The number of nitrogens with one attached hydrogen (secondary N) is 1. The Hall–Kier alpha value is -4.94. The van der Waals surface area contributed by atoms with E-state index in [1.807, 2.05) is 35.9 Å². The summed E-state index contributed by atoms with van der Waals surface area (Å²) in [5.74, 6) is 6.75. The highest BCUT2D eigenvalue weighted by Gasteiger charge is 2.30. The number of aryl methyl sites for hydroxylation is 1. The Morgan fingerprint density at radius 1 is 1.21 bits per heavy atom. The lowest BCUT2D eigenvalue weighted by molar-refractivity contribution is 0.0690. The van der Waals surface area contributed by atoms with Gasteiger partial charge in [-0.3, -0.25) is 4.90 Å². The maximum atomic E-state index is 14.8. The Balaban J connectivity index is 1.08. The molecule has 1 atom stereocenters. The van der Waals surface area contributed by atoms with Gasteiger partial charge in [0.2, 0.25) is 0 Å². The van der Waals surface area contributed by atoms with Crippen molar-refractivity contribution < 1.29 is 28.9 Å². The number of carboxylic acid groups (broad SMARTS) is 1. The van der Waals surface area contributed by atoms with Crippen molar-refractivity contribution in [1.29, 1.82) is 0 Å². The third kappa shape index (κ3) is 9.00. The minimum absolute atomic E-state index is 0.000237. The number of fused-ring (bicyclic) bond motifs is 2. The molecule has 4 heterocycles. The van der Waals surface area contributed by atoms with E-state index in [1.165, 1.54) is 23.0 Å². The first-order chi connectivity index (χ1) is 25.8. The van der Waals surface area contributed by atoms with Crippen molar-refractivity contribution in [2.45, 2.75) is 51.9 Å². The summed E-state index contributed by atoms with van der Waals surface area (Å²) in [6.07, 6.45) is 3.42. The highest BCUT2D eigenvalue weighted by Crippen LogP contribution is 2.40. The second kappa shape index (κ2) is 17.7. The number of aromatic nitrogens is 3. The molecule has 2 aliphatic heterocycles. The van der Waals surface area contributed by atoms with E-state index in [1.54, 1.807) is 12.1 Å². The van der Waals surface area contributed by atoms with Crippen LogP contribution in [0.2, 0.25) is 0 Å². The van der Waals surface area contributed by atoms with Gasteiger partial charge in [-0.25, -0.2) is 19.2 Å². The van der Waals surface area contributed by atoms with Crippen LogP contribution in [0.1, 0.15) is 69.7 Å². The molecule has 0 saturated heterocycles. The summed E-state index contributed by atoms with van der Waals surface area (Å²) in [6, 6.07) is 12.8. The zero-order chi connectivity index (χ0) is 37.3. The van der Waals surface area contributed by atoms with E-state index in [9.17, 15) is 14.3 Å². The van der Waals surface area contributed by atoms with E-state index in [4.69, 9.17) is 19.6 Å². The average Bonchev–Trinajstić information content (AvgIpc) is 3.75. The molecule has 3 N–H and O–H groups in total. The van der Waals surface area contributed by atoms with E-state index < -0.39 is 11.8 Å². The van der Waals surface area contributed by atoms with E-state index in [2.05, 4.69) is 51.4 Å². The number of aliphatic hydroxyl groups excluding tert-OH is 1. The van der Waals surface area contributed by atoms with Crippen molar-refractivity contribution in [2.24, 2.45) is 4.99 Å². The summed E-state index contributed by atoms with van der Waals surface area (Å²) >= 11 is 1.32. The van der Waals surface area contributed by atoms with Gasteiger partial charge in [-0.2, -0.15) is 0 Å². The normalized spacial score (nSPS) is 15.5. The number of aliphatic hydroxyl groups is 1. The molecule has 0 spiro atoms. The maximum absolute atomic E-state index is 14.8. The van der Waals surface area contributed by atoms with Gasteiger partial charge in [0.25, 0.3) is 0 Å². The maximum Gasteiger partial charge on any atom is 0.355 e. The standard InChI is InChI=1S/C39H44FN7O5S/c1-4-27-29-11-5-6-13-31(29)41-36(27)43-35-25(2)28-12-8-18-47(37(28)45-44-35)39-42-34(38(49)50)33(53-39)14-9-21-52-32-16-15-26(24-30(32)40)10-7-17-46(3)19-22-51-23-20-48/h5-6,11,13,15-16,24,27,48H,4,8-9,12,14,17-23H2,1-3H3,(H,49,50)(H,41,43,44). The lowest BCUT2D eigenvalue weighted by Gasteiger charge is -2.28. The molecular weight excluding hydrogens is 698 g/mol. The van der Waals surface area contributed by atoms with Crippen LogP contribution in [0.4, 0.5) is 26.8 Å². The molecule has 2 aromatic heterocycles. The number of para-hydroxylation sites is 1. The molecule has 6 rings (SSSR count). The second-order valence-electron chi connectivity index (χ2n) is 12.9. The van der Waals surface area contributed by atoms with Crippen LogP contribution in [0.3, 0.4) is 0 Å². The molecule has 14 heteroatoms. The first-order valence-electron chi connectivity index (χ1n) is 17.9. The molecule has 0 radical (unpaired) electrons. The predicted molar refractivity (Wildman–Crippen MR) is 204 cm³/mol. The second-order valence-corrected chi connectivity index (χ2v) is 14.0. The number of nitrogens with zero attached hydrogens (tertiary/aromatic N) is 6. The largest absolute Gasteiger partial charge is 0.491 e. The molecule has 0 bridgehead atoms. The molecule has 0 saturated carbocycles. The van der Waals surface area contributed by atoms with Gasteiger partial charge in [0, 0.05) is 46.3 Å². The number of benzene rings is 2. The van der Waals surface area contributed by atoms with Crippen molar-refractivity contribution in [3.63, 3.8) is 0 Å². The molecule has 53 heavy (non-hydrogen) atoms. The van der Waals surface area contributed by atoms with Crippen LogP contribution in [0.25, 0.3) is 0 Å². The van der Waals surface area contributed by atoms with Gasteiger partial charge in [0.1, 0.15) is 5.84 Å². The molecule has 4 aromatic rings. The number of amidine groups is 1. The zero-order valence-corrected chi connectivity index (χ0v) is 31.0. The monoisotopic (exact) mass is 741 g/mol. The van der Waals surface area contributed by atoms with Crippen LogP contribution in [0.5, 0.6) is 5.75 Å². The number of ether oxygens (including phenoxy) is 2. The van der Waals surface area contributed by atoms with Gasteiger partial charge in [-0.05, 0) is 75.9 Å². The quantitative estimate of drug-likeness (QED) is 0.0958. The molecule has 0 aliphatic carbocycles. The number of likely N-dealkylation sites (N-methyl/N-ethyl adjacent to an activating group) is 1. The number of carbonyl (C=O) groups is 1. The number of aliphatic imine (C=N–C) groups is 1. The molecule has 12 nitrogen and oxygen atoms in total. The number of carboxylic acids is 1. The summed E-state index contributed by atoms with van der Waals surface area (Å²) in [6.45, 7) is 6.93. The van der Waals surface area contributed by atoms with Gasteiger partial charge in [-0.1, -0.05) is 37.0 Å². The molecule has 0 fully saturated rings. The predicted octanol–water partition coefficient (Wildman–Crippen LogP) is 6.12. The fourth-order valence-electron chi connectivity index (χ4n) is 6.43. The Labute approximate surface area is 312 Å². The number of aromatic carboxylic acids is 1.